The van der Waals surface area contributed by atoms with Crippen molar-refractivity contribution in [3.05, 3.63) is 51.4 Å². The molecule has 2 heterocycles. The molecule has 2 aromatic heterocycles. The number of aromatic nitrogens is 2. The third-order valence-corrected chi connectivity index (χ3v) is 3.81. The van der Waals surface area contributed by atoms with Gasteiger partial charge in [-0.25, -0.2) is 9.78 Å². The van der Waals surface area contributed by atoms with Gasteiger partial charge in [-0.3, -0.25) is 4.79 Å². The van der Waals surface area contributed by atoms with E-state index in [4.69, 9.17) is 4.74 Å². The maximum atomic E-state index is 11.9. The highest BCUT2D eigenvalue weighted by Gasteiger charge is 2.14. The molecule has 0 aliphatic heterocycles. The van der Waals surface area contributed by atoms with Gasteiger partial charge in [0, 0.05) is 6.07 Å². The van der Waals surface area contributed by atoms with Gasteiger partial charge in [0.05, 0.1) is 5.52 Å². The first-order valence-corrected chi connectivity index (χ1v) is 7.08. The minimum Gasteiger partial charge on any atom is -0.508 e. The number of nitrogens with zero attached hydrogens (tertiary/aromatic N) is 1. The monoisotopic (exact) mass is 318 g/mol. The summed E-state index contributed by atoms with van der Waals surface area (Å²) in [5.74, 6) is -1.13. The average Bonchev–Trinajstić information content (AvgIpc) is 2.93. The summed E-state index contributed by atoms with van der Waals surface area (Å²) in [6.45, 7) is -0.236. The van der Waals surface area contributed by atoms with Crippen LogP contribution in [0.3, 0.4) is 0 Å². The largest absolute Gasteiger partial charge is 0.508 e. The first kappa shape index (κ1) is 14.1. The van der Waals surface area contributed by atoms with Crippen molar-refractivity contribution < 1.29 is 19.7 Å². The minimum absolute atomic E-state index is 0.0863. The summed E-state index contributed by atoms with van der Waals surface area (Å²) in [5, 5.41) is 20.5. The summed E-state index contributed by atoms with van der Waals surface area (Å²) in [7, 11) is 0. The van der Waals surface area contributed by atoms with Gasteiger partial charge in [-0.2, -0.15) is 0 Å². The standard InChI is InChI=1S/C14H10N2O5S/c17-7-1-2-8(10(18)5-7)14(20)21-6-11-15-9-3-4-22-12(9)13(19)16-11/h1-5,17-18H,6H2,(H,15,16,19). The SMILES string of the molecule is O=C(OCc1nc2ccsc2c(=O)[nH]1)c1ccc(O)cc1O. The molecule has 3 rings (SSSR count). The van der Waals surface area contributed by atoms with Crippen molar-refractivity contribution in [2.75, 3.05) is 0 Å². The zero-order chi connectivity index (χ0) is 15.7. The van der Waals surface area contributed by atoms with Crippen LogP contribution in [0.2, 0.25) is 0 Å². The molecule has 0 spiro atoms. The first-order chi connectivity index (χ1) is 10.5. The molecule has 22 heavy (non-hydrogen) atoms. The van der Waals surface area contributed by atoms with Crippen LogP contribution in [0.25, 0.3) is 10.2 Å². The van der Waals surface area contributed by atoms with E-state index in [9.17, 15) is 19.8 Å². The molecule has 0 saturated heterocycles. The zero-order valence-corrected chi connectivity index (χ0v) is 11.9. The number of nitrogens with one attached hydrogen (secondary N) is 1. The number of aromatic amines is 1. The smallest absolute Gasteiger partial charge is 0.342 e. The fourth-order valence-corrected chi connectivity index (χ4v) is 2.62. The van der Waals surface area contributed by atoms with E-state index in [0.717, 1.165) is 6.07 Å². The van der Waals surface area contributed by atoms with E-state index in [2.05, 4.69) is 9.97 Å². The van der Waals surface area contributed by atoms with Crippen LogP contribution in [0, 0.1) is 0 Å². The summed E-state index contributed by atoms with van der Waals surface area (Å²) in [6.07, 6.45) is 0. The number of carbonyl (C=O) groups excluding carboxylic acids is 1. The van der Waals surface area contributed by atoms with Crippen LogP contribution in [0.4, 0.5) is 0 Å². The molecule has 0 aliphatic carbocycles. The van der Waals surface area contributed by atoms with Gasteiger partial charge in [0.2, 0.25) is 0 Å². The Balaban J connectivity index is 1.78. The number of hydrogen-bond acceptors (Lipinski definition) is 7. The van der Waals surface area contributed by atoms with Crippen molar-refractivity contribution in [1.82, 2.24) is 9.97 Å². The fraction of sp³-hybridized carbons (Fsp3) is 0.0714. The molecule has 3 N–H and O–H groups in total. The van der Waals surface area contributed by atoms with E-state index < -0.39 is 5.97 Å². The number of phenols is 2. The van der Waals surface area contributed by atoms with E-state index in [1.165, 1.54) is 23.5 Å². The summed E-state index contributed by atoms with van der Waals surface area (Å²) in [5.41, 5.74) is 0.155. The van der Waals surface area contributed by atoms with Gasteiger partial charge < -0.3 is 19.9 Å². The Morgan fingerprint density at radius 2 is 2.14 bits per heavy atom. The van der Waals surface area contributed by atoms with Crippen LogP contribution in [-0.2, 0) is 11.3 Å². The van der Waals surface area contributed by atoms with E-state index in [1.54, 1.807) is 11.4 Å². The Bertz CT molecular complexity index is 915. The number of rotatable bonds is 3. The van der Waals surface area contributed by atoms with Crippen LogP contribution in [0.1, 0.15) is 16.2 Å². The van der Waals surface area contributed by atoms with Gasteiger partial charge in [-0.1, -0.05) is 0 Å². The molecule has 0 atom stereocenters. The molecule has 3 aromatic rings. The molecule has 0 unspecified atom stereocenters. The Morgan fingerprint density at radius 3 is 2.91 bits per heavy atom. The van der Waals surface area contributed by atoms with E-state index in [1.807, 2.05) is 0 Å². The molecule has 1 aromatic carbocycles. The number of thiophene rings is 1. The topological polar surface area (TPSA) is 113 Å². The molecule has 112 valence electrons. The normalized spacial score (nSPS) is 10.7. The predicted octanol–water partition coefficient (Wildman–Crippen LogP) is 1.75. The van der Waals surface area contributed by atoms with Crippen molar-refractivity contribution in [3.8, 4) is 11.5 Å². The predicted molar refractivity (Wildman–Crippen MR) is 79.1 cm³/mol. The number of aromatic hydroxyl groups is 2. The van der Waals surface area contributed by atoms with Gasteiger partial charge in [0.25, 0.3) is 5.56 Å². The van der Waals surface area contributed by atoms with Crippen molar-refractivity contribution in [1.29, 1.82) is 0 Å². The van der Waals surface area contributed by atoms with Crippen LogP contribution in [0.5, 0.6) is 11.5 Å². The Kier molecular flexibility index (Phi) is 3.51. The lowest BCUT2D eigenvalue weighted by atomic mass is 10.2. The second-order valence-corrected chi connectivity index (χ2v) is 5.34. The van der Waals surface area contributed by atoms with Gasteiger partial charge in [-0.05, 0) is 23.6 Å². The number of carbonyl (C=O) groups is 1. The van der Waals surface area contributed by atoms with Gasteiger partial charge >= 0.3 is 5.97 Å². The molecular formula is C14H10N2O5S. The number of hydrogen-bond donors (Lipinski definition) is 3. The van der Waals surface area contributed by atoms with Crippen molar-refractivity contribution in [2.24, 2.45) is 0 Å². The van der Waals surface area contributed by atoms with Gasteiger partial charge in [0.15, 0.2) is 0 Å². The van der Waals surface area contributed by atoms with Crippen LogP contribution in [-0.4, -0.2) is 26.2 Å². The van der Waals surface area contributed by atoms with E-state index in [-0.39, 0.29) is 35.1 Å². The number of phenolic OH excluding ortho intramolecular Hbond substituents is 2. The van der Waals surface area contributed by atoms with Gasteiger partial charge in [-0.15, -0.1) is 11.3 Å². The molecule has 0 saturated carbocycles. The number of benzene rings is 1. The summed E-state index contributed by atoms with van der Waals surface area (Å²) in [4.78, 5) is 30.3. The van der Waals surface area contributed by atoms with E-state index in [0.29, 0.717) is 10.2 Å². The van der Waals surface area contributed by atoms with E-state index >= 15 is 0 Å². The highest BCUT2D eigenvalue weighted by atomic mass is 32.1. The fourth-order valence-electron chi connectivity index (χ4n) is 1.89. The maximum absolute atomic E-state index is 11.9. The Hall–Kier alpha value is -2.87. The van der Waals surface area contributed by atoms with Crippen molar-refractivity contribution in [3.63, 3.8) is 0 Å². The molecule has 0 fully saturated rings. The average molecular weight is 318 g/mol. The molecule has 0 aliphatic rings. The minimum atomic E-state index is -0.787. The molecule has 0 bridgehead atoms. The Labute approximate surface area is 127 Å². The third kappa shape index (κ3) is 2.63. The number of esters is 1. The lowest BCUT2D eigenvalue weighted by Crippen LogP contribution is -2.13. The lowest BCUT2D eigenvalue weighted by Gasteiger charge is -2.06. The summed E-state index contributed by atoms with van der Waals surface area (Å²) in [6, 6.07) is 5.24. The van der Waals surface area contributed by atoms with Crippen molar-refractivity contribution in [2.45, 2.75) is 6.61 Å². The number of fused-ring (bicyclic) bond motifs is 1. The van der Waals surface area contributed by atoms with Crippen LogP contribution < -0.4 is 5.56 Å². The Morgan fingerprint density at radius 1 is 1.32 bits per heavy atom. The van der Waals surface area contributed by atoms with Gasteiger partial charge in [0.1, 0.15) is 34.2 Å². The zero-order valence-electron chi connectivity index (χ0n) is 11.1. The second kappa shape index (κ2) is 5.49. The number of H-pyrrole nitrogens is 1. The second-order valence-electron chi connectivity index (χ2n) is 4.43. The number of ether oxygens (including phenoxy) is 1. The molecule has 8 heteroatoms. The summed E-state index contributed by atoms with van der Waals surface area (Å²) >= 11 is 1.28. The van der Waals surface area contributed by atoms with Crippen molar-refractivity contribution >= 4 is 27.5 Å². The highest BCUT2D eigenvalue weighted by molar-refractivity contribution is 7.17. The van der Waals surface area contributed by atoms with Crippen LogP contribution >= 0.6 is 11.3 Å². The molecule has 7 nitrogen and oxygen atoms in total. The summed E-state index contributed by atoms with van der Waals surface area (Å²) < 4.78 is 5.51. The third-order valence-electron chi connectivity index (χ3n) is 2.91. The molecule has 0 amide bonds. The van der Waals surface area contributed by atoms with Crippen LogP contribution in [0.15, 0.2) is 34.4 Å². The molecular weight excluding hydrogens is 308 g/mol. The lowest BCUT2D eigenvalue weighted by molar-refractivity contribution is 0.0459. The maximum Gasteiger partial charge on any atom is 0.342 e. The molecule has 0 radical (unpaired) electrons. The first-order valence-electron chi connectivity index (χ1n) is 6.20. The highest BCUT2D eigenvalue weighted by Crippen LogP contribution is 2.23. The quantitative estimate of drug-likeness (QED) is 0.634.